The number of ether oxygens (including phenoxy) is 1. The molecule has 1 atom stereocenters. The first kappa shape index (κ1) is 14.9. The van der Waals surface area contributed by atoms with Crippen molar-refractivity contribution in [1.82, 2.24) is 0 Å². The van der Waals surface area contributed by atoms with E-state index in [1.165, 1.54) is 6.07 Å². The summed E-state index contributed by atoms with van der Waals surface area (Å²) in [5.41, 5.74) is 7.58. The van der Waals surface area contributed by atoms with E-state index in [1.54, 1.807) is 7.11 Å². The summed E-state index contributed by atoms with van der Waals surface area (Å²) in [5, 5.41) is 0. The standard InChI is InChI=1S/C15H14BrF2NO/c1-20-10-4-2-3-9(7-10)8-13(19)11-5-6-12(17)15(18)14(11)16/h2-7,13H,8,19H2,1H3. The molecule has 1 unspecified atom stereocenters. The van der Waals surface area contributed by atoms with Gasteiger partial charge in [0.2, 0.25) is 0 Å². The second-order valence-electron chi connectivity index (χ2n) is 4.43. The second-order valence-corrected chi connectivity index (χ2v) is 5.22. The molecule has 0 saturated carbocycles. The maximum Gasteiger partial charge on any atom is 0.173 e. The smallest absolute Gasteiger partial charge is 0.173 e. The summed E-state index contributed by atoms with van der Waals surface area (Å²) in [6.45, 7) is 0. The number of halogens is 3. The molecule has 0 heterocycles. The fraction of sp³-hybridized carbons (Fsp3) is 0.200. The largest absolute Gasteiger partial charge is 0.497 e. The summed E-state index contributed by atoms with van der Waals surface area (Å²) in [6, 6.07) is 9.62. The predicted molar refractivity (Wildman–Crippen MR) is 77.7 cm³/mol. The molecule has 0 bridgehead atoms. The summed E-state index contributed by atoms with van der Waals surface area (Å²) >= 11 is 3.05. The maximum atomic E-state index is 13.5. The highest BCUT2D eigenvalue weighted by atomic mass is 79.9. The van der Waals surface area contributed by atoms with E-state index in [0.29, 0.717) is 12.0 Å². The molecule has 0 radical (unpaired) electrons. The molecule has 106 valence electrons. The van der Waals surface area contributed by atoms with Crippen LogP contribution in [0.1, 0.15) is 17.2 Å². The van der Waals surface area contributed by atoms with Gasteiger partial charge in [0.1, 0.15) is 5.75 Å². The van der Waals surface area contributed by atoms with Gasteiger partial charge in [-0.25, -0.2) is 8.78 Å². The molecule has 0 aliphatic carbocycles. The van der Waals surface area contributed by atoms with Gasteiger partial charge < -0.3 is 10.5 Å². The summed E-state index contributed by atoms with van der Waals surface area (Å²) < 4.78 is 31.8. The average molecular weight is 342 g/mol. The summed E-state index contributed by atoms with van der Waals surface area (Å²) in [6.07, 6.45) is 0.501. The Morgan fingerprint density at radius 2 is 2.00 bits per heavy atom. The van der Waals surface area contributed by atoms with Crippen LogP contribution in [-0.4, -0.2) is 7.11 Å². The van der Waals surface area contributed by atoms with E-state index in [-0.39, 0.29) is 4.47 Å². The third-order valence-corrected chi connectivity index (χ3v) is 3.86. The second kappa shape index (κ2) is 6.33. The first-order valence-corrected chi connectivity index (χ1v) is 6.84. The van der Waals surface area contributed by atoms with Gasteiger partial charge in [-0.05, 0) is 51.7 Å². The third kappa shape index (κ3) is 3.16. The fourth-order valence-electron chi connectivity index (χ4n) is 1.99. The lowest BCUT2D eigenvalue weighted by atomic mass is 9.99. The highest BCUT2D eigenvalue weighted by Crippen LogP contribution is 2.29. The van der Waals surface area contributed by atoms with Crippen LogP contribution in [0.5, 0.6) is 5.75 Å². The van der Waals surface area contributed by atoms with E-state index < -0.39 is 17.7 Å². The van der Waals surface area contributed by atoms with Crippen LogP contribution in [-0.2, 0) is 6.42 Å². The van der Waals surface area contributed by atoms with Crippen LogP contribution in [0, 0.1) is 11.6 Å². The van der Waals surface area contributed by atoms with Gasteiger partial charge in [0.05, 0.1) is 11.6 Å². The average Bonchev–Trinajstić information content (AvgIpc) is 2.45. The molecule has 2 N–H and O–H groups in total. The molecule has 0 fully saturated rings. The summed E-state index contributed by atoms with van der Waals surface area (Å²) in [4.78, 5) is 0. The normalized spacial score (nSPS) is 12.2. The Kier molecular flexibility index (Phi) is 4.73. The Hall–Kier alpha value is -1.46. The number of hydrogen-bond acceptors (Lipinski definition) is 2. The quantitative estimate of drug-likeness (QED) is 0.853. The van der Waals surface area contributed by atoms with E-state index in [4.69, 9.17) is 10.5 Å². The minimum Gasteiger partial charge on any atom is -0.497 e. The molecule has 0 aliphatic heterocycles. The number of hydrogen-bond donors (Lipinski definition) is 1. The SMILES string of the molecule is COc1cccc(CC(N)c2ccc(F)c(F)c2Br)c1. The monoisotopic (exact) mass is 341 g/mol. The van der Waals surface area contributed by atoms with Gasteiger partial charge in [0.25, 0.3) is 0 Å². The van der Waals surface area contributed by atoms with E-state index in [9.17, 15) is 8.78 Å². The highest BCUT2D eigenvalue weighted by molar-refractivity contribution is 9.10. The molecule has 20 heavy (non-hydrogen) atoms. The molecule has 2 aromatic rings. The van der Waals surface area contributed by atoms with Crippen molar-refractivity contribution in [3.05, 3.63) is 63.6 Å². The number of rotatable bonds is 4. The van der Waals surface area contributed by atoms with Crippen molar-refractivity contribution in [2.75, 3.05) is 7.11 Å². The van der Waals surface area contributed by atoms with Crippen LogP contribution in [0.15, 0.2) is 40.9 Å². The van der Waals surface area contributed by atoms with Crippen molar-refractivity contribution in [3.8, 4) is 5.75 Å². The Bertz CT molecular complexity index is 619. The van der Waals surface area contributed by atoms with Crippen molar-refractivity contribution in [3.63, 3.8) is 0 Å². The van der Waals surface area contributed by atoms with Crippen molar-refractivity contribution >= 4 is 15.9 Å². The molecule has 2 rings (SSSR count). The van der Waals surface area contributed by atoms with Crippen LogP contribution in [0.4, 0.5) is 8.78 Å². The van der Waals surface area contributed by atoms with Gasteiger partial charge in [-0.3, -0.25) is 0 Å². The summed E-state index contributed by atoms with van der Waals surface area (Å²) in [5.74, 6) is -1.07. The molecule has 0 aromatic heterocycles. The molecule has 0 spiro atoms. The molecular formula is C15H14BrF2NO. The fourth-order valence-corrected chi connectivity index (χ4v) is 2.61. The van der Waals surface area contributed by atoms with Crippen LogP contribution in [0.2, 0.25) is 0 Å². The van der Waals surface area contributed by atoms with E-state index in [2.05, 4.69) is 15.9 Å². The molecule has 5 heteroatoms. The van der Waals surface area contributed by atoms with Gasteiger partial charge in [-0.1, -0.05) is 18.2 Å². The van der Waals surface area contributed by atoms with Crippen molar-refractivity contribution in [2.45, 2.75) is 12.5 Å². The highest BCUT2D eigenvalue weighted by Gasteiger charge is 2.16. The van der Waals surface area contributed by atoms with Gasteiger partial charge in [0, 0.05) is 6.04 Å². The molecular weight excluding hydrogens is 328 g/mol. The van der Waals surface area contributed by atoms with Gasteiger partial charge in [-0.15, -0.1) is 0 Å². The molecule has 0 saturated heterocycles. The Morgan fingerprint density at radius 1 is 1.25 bits per heavy atom. The van der Waals surface area contributed by atoms with Gasteiger partial charge in [-0.2, -0.15) is 0 Å². The van der Waals surface area contributed by atoms with Crippen LogP contribution >= 0.6 is 15.9 Å². The zero-order valence-electron chi connectivity index (χ0n) is 10.9. The first-order chi connectivity index (χ1) is 9.52. The lowest BCUT2D eigenvalue weighted by molar-refractivity contribution is 0.414. The van der Waals surface area contributed by atoms with Gasteiger partial charge in [0.15, 0.2) is 11.6 Å². The van der Waals surface area contributed by atoms with Crippen molar-refractivity contribution in [1.29, 1.82) is 0 Å². The number of methoxy groups -OCH3 is 1. The number of benzene rings is 2. The third-order valence-electron chi connectivity index (χ3n) is 3.05. The lowest BCUT2D eigenvalue weighted by Crippen LogP contribution is -2.15. The molecule has 2 nitrogen and oxygen atoms in total. The molecule has 0 aliphatic rings. The molecule has 2 aromatic carbocycles. The first-order valence-electron chi connectivity index (χ1n) is 6.05. The van der Waals surface area contributed by atoms with Gasteiger partial charge >= 0.3 is 0 Å². The van der Waals surface area contributed by atoms with E-state index >= 15 is 0 Å². The van der Waals surface area contributed by atoms with Crippen LogP contribution < -0.4 is 10.5 Å². The minimum absolute atomic E-state index is 0.0768. The lowest BCUT2D eigenvalue weighted by Gasteiger charge is -2.15. The van der Waals surface area contributed by atoms with Crippen molar-refractivity contribution < 1.29 is 13.5 Å². The maximum absolute atomic E-state index is 13.5. The predicted octanol–water partition coefficient (Wildman–Crippen LogP) is 3.98. The Labute approximate surface area is 124 Å². The van der Waals surface area contributed by atoms with Crippen molar-refractivity contribution in [2.24, 2.45) is 5.73 Å². The van der Waals surface area contributed by atoms with Crippen LogP contribution in [0.25, 0.3) is 0 Å². The molecule has 0 amide bonds. The number of nitrogens with two attached hydrogens (primary N) is 1. The van der Waals surface area contributed by atoms with E-state index in [1.807, 2.05) is 24.3 Å². The zero-order valence-corrected chi connectivity index (χ0v) is 12.5. The Balaban J connectivity index is 2.23. The van der Waals surface area contributed by atoms with Crippen LogP contribution in [0.3, 0.4) is 0 Å². The summed E-state index contributed by atoms with van der Waals surface area (Å²) in [7, 11) is 1.59. The topological polar surface area (TPSA) is 35.2 Å². The minimum atomic E-state index is -0.913. The van der Waals surface area contributed by atoms with E-state index in [0.717, 1.165) is 17.4 Å². The zero-order chi connectivity index (χ0) is 14.7. The Morgan fingerprint density at radius 3 is 2.70 bits per heavy atom.